The van der Waals surface area contributed by atoms with Crippen molar-refractivity contribution in [1.29, 1.82) is 0 Å². The molecule has 0 amide bonds. The maximum atomic E-state index is 12.0. The van der Waals surface area contributed by atoms with Crippen molar-refractivity contribution in [2.45, 2.75) is 20.8 Å². The van der Waals surface area contributed by atoms with Gasteiger partial charge in [-0.1, -0.05) is 12.2 Å². The zero-order chi connectivity index (χ0) is 12.4. The van der Waals surface area contributed by atoms with Crippen molar-refractivity contribution in [2.75, 3.05) is 19.4 Å². The van der Waals surface area contributed by atoms with Crippen LogP contribution in [0.25, 0.3) is 0 Å². The molecule has 0 aliphatic heterocycles. The Kier molecular flexibility index (Phi) is 8.08. The summed E-state index contributed by atoms with van der Waals surface area (Å²) in [5.41, 5.74) is 0.801. The molecule has 0 atom stereocenters. The summed E-state index contributed by atoms with van der Waals surface area (Å²) in [4.78, 5) is 10.2. The van der Waals surface area contributed by atoms with Crippen molar-refractivity contribution in [3.63, 3.8) is 0 Å². The molecule has 5 heteroatoms. The van der Waals surface area contributed by atoms with Crippen molar-refractivity contribution in [1.82, 2.24) is 0 Å². The monoisotopic (exact) mass is 246 g/mol. The number of allylic oxidation sites excluding steroid dienone is 4. The molecule has 4 nitrogen and oxygen atoms in total. The van der Waals surface area contributed by atoms with Gasteiger partial charge in [0.25, 0.3) is 0 Å². The average Bonchev–Trinajstić information content (AvgIpc) is 2.18. The quantitative estimate of drug-likeness (QED) is 0.286. The fraction of sp³-hybridized carbons (Fsp3) is 0.545. The summed E-state index contributed by atoms with van der Waals surface area (Å²) in [7, 11) is -3.00. The summed E-state index contributed by atoms with van der Waals surface area (Å²) in [6, 6.07) is 0. The van der Waals surface area contributed by atoms with Crippen LogP contribution in [-0.2, 0) is 18.4 Å². The van der Waals surface area contributed by atoms with Crippen LogP contribution in [0.4, 0.5) is 0 Å². The van der Waals surface area contributed by atoms with Crippen LogP contribution in [0.1, 0.15) is 20.8 Å². The highest BCUT2D eigenvalue weighted by molar-refractivity contribution is 7.54. The molecule has 0 aromatic carbocycles. The summed E-state index contributed by atoms with van der Waals surface area (Å²) >= 11 is 0. The lowest BCUT2D eigenvalue weighted by Crippen LogP contribution is -1.98. The van der Waals surface area contributed by atoms with Gasteiger partial charge in [-0.15, -0.1) is 0 Å². The van der Waals surface area contributed by atoms with Gasteiger partial charge < -0.3 is 9.05 Å². The van der Waals surface area contributed by atoms with E-state index < -0.39 is 7.60 Å². The Labute approximate surface area is 96.9 Å². The molecule has 0 unspecified atom stereocenters. The molecule has 0 aliphatic carbocycles. The molecular weight excluding hydrogens is 227 g/mol. The summed E-state index contributed by atoms with van der Waals surface area (Å²) < 4.78 is 22.2. The number of rotatable bonds is 8. The van der Waals surface area contributed by atoms with E-state index in [1.807, 2.05) is 0 Å². The van der Waals surface area contributed by atoms with Gasteiger partial charge in [-0.3, -0.25) is 9.36 Å². The number of hydrogen-bond donors (Lipinski definition) is 0. The number of carbonyl (C=O) groups excluding carboxylic acids is 1. The molecule has 0 aromatic rings. The van der Waals surface area contributed by atoms with Crippen LogP contribution in [0, 0.1) is 0 Å². The second-order valence-corrected chi connectivity index (χ2v) is 5.18. The first kappa shape index (κ1) is 15.3. The normalized spacial score (nSPS) is 13.3. The molecule has 0 spiro atoms. The van der Waals surface area contributed by atoms with Crippen LogP contribution in [-0.4, -0.2) is 25.7 Å². The molecule has 0 N–H and O–H groups in total. The van der Waals surface area contributed by atoms with E-state index in [1.54, 1.807) is 32.9 Å². The Balaban J connectivity index is 4.37. The lowest BCUT2D eigenvalue weighted by Gasteiger charge is -2.14. The van der Waals surface area contributed by atoms with E-state index in [0.717, 1.165) is 5.57 Å². The maximum absolute atomic E-state index is 12.0. The molecule has 0 saturated heterocycles. The molecule has 0 rings (SSSR count). The number of carbonyl (C=O) groups is 1. The van der Waals surface area contributed by atoms with E-state index in [9.17, 15) is 9.36 Å². The van der Waals surface area contributed by atoms with Gasteiger partial charge in [0, 0.05) is 0 Å². The van der Waals surface area contributed by atoms with Gasteiger partial charge in [-0.05, 0) is 32.4 Å². The second-order valence-electron chi connectivity index (χ2n) is 3.08. The van der Waals surface area contributed by atoms with Crippen molar-refractivity contribution in [3.05, 3.63) is 23.8 Å². The van der Waals surface area contributed by atoms with E-state index in [4.69, 9.17) is 9.05 Å². The van der Waals surface area contributed by atoms with E-state index in [-0.39, 0.29) is 6.16 Å². The highest BCUT2D eigenvalue weighted by Crippen LogP contribution is 2.47. The van der Waals surface area contributed by atoms with Gasteiger partial charge in [0.15, 0.2) is 0 Å². The third kappa shape index (κ3) is 6.72. The Bertz CT molecular complexity index is 297. The summed E-state index contributed by atoms with van der Waals surface area (Å²) in [5, 5.41) is 0. The number of aldehydes is 1. The van der Waals surface area contributed by atoms with E-state index in [0.29, 0.717) is 19.5 Å². The molecule has 0 heterocycles. The van der Waals surface area contributed by atoms with Gasteiger partial charge in [0.1, 0.15) is 6.29 Å². The minimum absolute atomic E-state index is 0.221. The largest absolute Gasteiger partial charge is 0.334 e. The zero-order valence-corrected chi connectivity index (χ0v) is 10.9. The average molecular weight is 246 g/mol. The smallest absolute Gasteiger partial charge is 0.309 e. The van der Waals surface area contributed by atoms with E-state index >= 15 is 0 Å². The van der Waals surface area contributed by atoms with Crippen molar-refractivity contribution in [2.24, 2.45) is 0 Å². The number of hydrogen-bond acceptors (Lipinski definition) is 4. The Morgan fingerprint density at radius 2 is 1.81 bits per heavy atom. The zero-order valence-electron chi connectivity index (χ0n) is 10.0. The third-order valence-corrected chi connectivity index (χ3v) is 3.65. The van der Waals surface area contributed by atoms with Crippen LogP contribution in [0.5, 0.6) is 0 Å². The van der Waals surface area contributed by atoms with Gasteiger partial charge in [-0.2, -0.15) is 0 Å². The Morgan fingerprint density at radius 1 is 1.25 bits per heavy atom. The van der Waals surface area contributed by atoms with Crippen molar-refractivity contribution >= 4 is 13.9 Å². The lowest BCUT2D eigenvalue weighted by atomic mass is 10.3. The highest BCUT2D eigenvalue weighted by Gasteiger charge is 2.20. The fourth-order valence-electron chi connectivity index (χ4n) is 1.07. The van der Waals surface area contributed by atoms with Gasteiger partial charge in [0.05, 0.1) is 19.4 Å². The van der Waals surface area contributed by atoms with E-state index in [2.05, 4.69) is 0 Å². The van der Waals surface area contributed by atoms with Gasteiger partial charge >= 0.3 is 7.60 Å². The SMILES string of the molecule is CCOP(=O)(CC=CC(C)=CC=O)OCC. The molecule has 0 aromatic heterocycles. The molecular formula is C11H19O4P. The van der Waals surface area contributed by atoms with Crippen LogP contribution in [0.3, 0.4) is 0 Å². The molecule has 0 bridgehead atoms. The Hall–Kier alpha value is -0.700. The molecule has 0 radical (unpaired) electrons. The van der Waals surface area contributed by atoms with E-state index in [1.165, 1.54) is 6.08 Å². The molecule has 0 fully saturated rings. The minimum atomic E-state index is -3.00. The first-order valence-corrected chi connectivity index (χ1v) is 6.97. The Morgan fingerprint density at radius 3 is 2.25 bits per heavy atom. The first-order chi connectivity index (χ1) is 7.58. The molecule has 16 heavy (non-hydrogen) atoms. The third-order valence-electron chi connectivity index (χ3n) is 1.69. The minimum Gasteiger partial charge on any atom is -0.309 e. The van der Waals surface area contributed by atoms with Crippen LogP contribution >= 0.6 is 7.60 Å². The van der Waals surface area contributed by atoms with Crippen molar-refractivity contribution < 1.29 is 18.4 Å². The first-order valence-electron chi connectivity index (χ1n) is 5.24. The topological polar surface area (TPSA) is 52.6 Å². The standard InChI is InChI=1S/C11H19O4P/c1-4-14-16(13,15-5-2)10-6-7-11(3)8-9-12/h6-9H,4-5,10H2,1-3H3. The molecule has 0 saturated carbocycles. The van der Waals surface area contributed by atoms with Crippen LogP contribution < -0.4 is 0 Å². The molecule has 92 valence electrons. The van der Waals surface area contributed by atoms with Crippen molar-refractivity contribution in [3.8, 4) is 0 Å². The lowest BCUT2D eigenvalue weighted by molar-refractivity contribution is -0.104. The molecule has 0 aliphatic rings. The summed E-state index contributed by atoms with van der Waals surface area (Å²) in [5.74, 6) is 0. The summed E-state index contributed by atoms with van der Waals surface area (Å²) in [6.45, 7) is 6.04. The van der Waals surface area contributed by atoms with Crippen LogP contribution in [0.15, 0.2) is 23.8 Å². The maximum Gasteiger partial charge on any atom is 0.334 e. The second kappa shape index (κ2) is 8.45. The van der Waals surface area contributed by atoms with Crippen LogP contribution in [0.2, 0.25) is 0 Å². The predicted molar refractivity (Wildman–Crippen MR) is 64.7 cm³/mol. The summed E-state index contributed by atoms with van der Waals surface area (Å²) in [6.07, 6.45) is 5.78. The fourth-order valence-corrected chi connectivity index (χ4v) is 2.50. The van der Waals surface area contributed by atoms with Gasteiger partial charge in [0.2, 0.25) is 0 Å². The van der Waals surface area contributed by atoms with Gasteiger partial charge in [-0.25, -0.2) is 0 Å². The highest BCUT2D eigenvalue weighted by atomic mass is 31.2. The predicted octanol–water partition coefficient (Wildman–Crippen LogP) is 2.95.